The number of pyridine rings is 1. The second-order valence-electron chi connectivity index (χ2n) is 3.82. The Kier molecular flexibility index (Phi) is 3.91. The summed E-state index contributed by atoms with van der Waals surface area (Å²) in [6.45, 7) is 1.98. The minimum atomic E-state index is -1.12. The number of rotatable bonds is 4. The van der Waals surface area contributed by atoms with Crippen LogP contribution in [0.4, 0.5) is 5.69 Å². The molecule has 0 fully saturated rings. The molecular weight excluding hydrogens is 264 g/mol. The highest BCUT2D eigenvalue weighted by Gasteiger charge is 2.13. The van der Waals surface area contributed by atoms with Gasteiger partial charge in [0.1, 0.15) is 5.69 Å². The first-order valence-corrected chi connectivity index (χ1v) is 6.57. The van der Waals surface area contributed by atoms with E-state index in [1.54, 1.807) is 6.07 Å². The summed E-state index contributed by atoms with van der Waals surface area (Å²) in [6, 6.07) is 4.80. The quantitative estimate of drug-likeness (QED) is 0.899. The van der Waals surface area contributed by atoms with Crippen LogP contribution >= 0.6 is 11.3 Å². The van der Waals surface area contributed by atoms with Crippen LogP contribution in [0.15, 0.2) is 29.8 Å². The molecule has 0 bridgehead atoms. The molecule has 0 saturated heterocycles. The number of aromatic nitrogens is 1. The van der Waals surface area contributed by atoms with Gasteiger partial charge in [-0.05, 0) is 35.6 Å². The largest absolute Gasteiger partial charge is 0.477 e. The summed E-state index contributed by atoms with van der Waals surface area (Å²) in [5, 5.41) is 13.4. The number of nitrogens with one attached hydrogen (secondary N) is 1. The standard InChI is InChI=1S/C13H12N2O3S/c1-2-8-4-6-19-11(8)12(16)15-9-3-5-14-10(7-9)13(17)18/h3-7H,2H2,1H3,(H,17,18)(H,14,15,16). The van der Waals surface area contributed by atoms with Gasteiger partial charge in [-0.2, -0.15) is 0 Å². The van der Waals surface area contributed by atoms with Crippen LogP contribution in [0.2, 0.25) is 0 Å². The van der Waals surface area contributed by atoms with Crippen LogP contribution in [0.1, 0.15) is 32.6 Å². The molecule has 0 aliphatic rings. The molecule has 2 N–H and O–H groups in total. The Morgan fingerprint density at radius 1 is 1.42 bits per heavy atom. The second kappa shape index (κ2) is 5.62. The molecule has 2 aromatic heterocycles. The molecule has 0 unspecified atom stereocenters. The maximum atomic E-state index is 12.1. The van der Waals surface area contributed by atoms with E-state index in [4.69, 9.17) is 5.11 Å². The summed E-state index contributed by atoms with van der Waals surface area (Å²) >= 11 is 1.37. The second-order valence-corrected chi connectivity index (χ2v) is 4.73. The maximum absolute atomic E-state index is 12.1. The van der Waals surface area contributed by atoms with Crippen LogP contribution in [-0.4, -0.2) is 22.0 Å². The van der Waals surface area contributed by atoms with E-state index in [0.29, 0.717) is 10.6 Å². The molecule has 0 aliphatic carbocycles. The smallest absolute Gasteiger partial charge is 0.354 e. The molecule has 98 valence electrons. The first kappa shape index (κ1) is 13.2. The number of hydrogen-bond donors (Lipinski definition) is 2. The van der Waals surface area contributed by atoms with Crippen molar-refractivity contribution >= 4 is 28.9 Å². The van der Waals surface area contributed by atoms with Crippen molar-refractivity contribution in [3.8, 4) is 0 Å². The highest BCUT2D eigenvalue weighted by molar-refractivity contribution is 7.12. The topological polar surface area (TPSA) is 79.3 Å². The average Bonchev–Trinajstić information content (AvgIpc) is 2.87. The Balaban J connectivity index is 2.19. The van der Waals surface area contributed by atoms with E-state index in [1.807, 2.05) is 18.4 Å². The zero-order chi connectivity index (χ0) is 13.8. The molecule has 1 amide bonds. The molecule has 0 aromatic carbocycles. The highest BCUT2D eigenvalue weighted by Crippen LogP contribution is 2.19. The molecule has 0 saturated carbocycles. The summed E-state index contributed by atoms with van der Waals surface area (Å²) in [6.07, 6.45) is 2.14. The van der Waals surface area contributed by atoms with Crippen LogP contribution in [-0.2, 0) is 6.42 Å². The molecule has 0 atom stereocenters. The van der Waals surface area contributed by atoms with Crippen LogP contribution in [0.5, 0.6) is 0 Å². The minimum absolute atomic E-state index is 0.0975. The van der Waals surface area contributed by atoms with Crippen molar-refractivity contribution in [1.82, 2.24) is 4.98 Å². The third kappa shape index (κ3) is 2.97. The van der Waals surface area contributed by atoms with Crippen molar-refractivity contribution in [2.75, 3.05) is 5.32 Å². The fourth-order valence-corrected chi connectivity index (χ4v) is 2.52. The van der Waals surface area contributed by atoms with Gasteiger partial charge < -0.3 is 10.4 Å². The summed E-state index contributed by atoms with van der Waals surface area (Å²) in [5.74, 6) is -1.35. The summed E-state index contributed by atoms with van der Waals surface area (Å²) in [4.78, 5) is 27.2. The van der Waals surface area contributed by atoms with Gasteiger partial charge in [-0.25, -0.2) is 9.78 Å². The van der Waals surface area contributed by atoms with E-state index in [0.717, 1.165) is 12.0 Å². The zero-order valence-corrected chi connectivity index (χ0v) is 11.0. The predicted octanol–water partition coefficient (Wildman–Crippen LogP) is 2.66. The Hall–Kier alpha value is -2.21. The van der Waals surface area contributed by atoms with Crippen molar-refractivity contribution in [3.63, 3.8) is 0 Å². The third-order valence-corrected chi connectivity index (χ3v) is 3.53. The van der Waals surface area contributed by atoms with Crippen molar-refractivity contribution < 1.29 is 14.7 Å². The van der Waals surface area contributed by atoms with Crippen molar-refractivity contribution in [1.29, 1.82) is 0 Å². The van der Waals surface area contributed by atoms with Crippen LogP contribution in [0.25, 0.3) is 0 Å². The fourth-order valence-electron chi connectivity index (χ4n) is 1.63. The lowest BCUT2D eigenvalue weighted by Crippen LogP contribution is -2.13. The first-order valence-electron chi connectivity index (χ1n) is 5.69. The normalized spacial score (nSPS) is 10.2. The molecule has 0 aliphatic heterocycles. The average molecular weight is 276 g/mol. The molecule has 0 spiro atoms. The number of anilines is 1. The van der Waals surface area contributed by atoms with Crippen molar-refractivity contribution in [2.24, 2.45) is 0 Å². The van der Waals surface area contributed by atoms with Gasteiger partial charge in [-0.1, -0.05) is 6.92 Å². The summed E-state index contributed by atoms with van der Waals surface area (Å²) in [7, 11) is 0. The molecule has 19 heavy (non-hydrogen) atoms. The van der Waals surface area contributed by atoms with E-state index in [9.17, 15) is 9.59 Å². The number of thiophene rings is 1. The molecular formula is C13H12N2O3S. The number of carbonyl (C=O) groups is 2. The monoisotopic (exact) mass is 276 g/mol. The van der Waals surface area contributed by atoms with Gasteiger partial charge in [-0.15, -0.1) is 11.3 Å². The Morgan fingerprint density at radius 2 is 2.21 bits per heavy atom. The number of hydrogen-bond acceptors (Lipinski definition) is 4. The number of aryl methyl sites for hydroxylation is 1. The number of amides is 1. The SMILES string of the molecule is CCc1ccsc1C(=O)Nc1ccnc(C(=O)O)c1. The van der Waals surface area contributed by atoms with Crippen molar-refractivity contribution in [2.45, 2.75) is 13.3 Å². The summed E-state index contributed by atoms with van der Waals surface area (Å²) in [5.41, 5.74) is 1.31. The van der Waals surface area contributed by atoms with E-state index >= 15 is 0 Å². The first-order chi connectivity index (χ1) is 9.11. The Morgan fingerprint density at radius 3 is 2.89 bits per heavy atom. The number of aromatic carboxylic acids is 1. The van der Waals surface area contributed by atoms with E-state index in [2.05, 4.69) is 10.3 Å². The van der Waals surface area contributed by atoms with Gasteiger partial charge in [-0.3, -0.25) is 4.79 Å². The third-order valence-electron chi connectivity index (χ3n) is 2.57. The predicted molar refractivity (Wildman–Crippen MR) is 72.8 cm³/mol. The molecule has 6 heteroatoms. The number of carboxylic acid groups (broad SMARTS) is 1. The molecule has 0 radical (unpaired) electrons. The van der Waals surface area contributed by atoms with Gasteiger partial charge in [0, 0.05) is 11.9 Å². The molecule has 2 rings (SSSR count). The van der Waals surface area contributed by atoms with Crippen LogP contribution in [0.3, 0.4) is 0 Å². The fraction of sp³-hybridized carbons (Fsp3) is 0.154. The number of carbonyl (C=O) groups excluding carboxylic acids is 1. The Bertz CT molecular complexity index is 622. The zero-order valence-electron chi connectivity index (χ0n) is 10.2. The van der Waals surface area contributed by atoms with Gasteiger partial charge >= 0.3 is 5.97 Å². The van der Waals surface area contributed by atoms with Crippen LogP contribution in [0, 0.1) is 0 Å². The molecule has 2 heterocycles. The lowest BCUT2D eigenvalue weighted by atomic mass is 10.2. The molecule has 5 nitrogen and oxygen atoms in total. The Labute approximate surface area is 113 Å². The maximum Gasteiger partial charge on any atom is 0.354 e. The molecule has 2 aromatic rings. The van der Waals surface area contributed by atoms with Gasteiger partial charge in [0.15, 0.2) is 0 Å². The van der Waals surface area contributed by atoms with E-state index in [-0.39, 0.29) is 11.6 Å². The van der Waals surface area contributed by atoms with Crippen molar-refractivity contribution in [3.05, 3.63) is 45.9 Å². The van der Waals surface area contributed by atoms with E-state index < -0.39 is 5.97 Å². The number of carboxylic acids is 1. The number of nitrogens with zero attached hydrogens (tertiary/aromatic N) is 1. The van der Waals surface area contributed by atoms with Gasteiger partial charge in [0.05, 0.1) is 4.88 Å². The minimum Gasteiger partial charge on any atom is -0.477 e. The summed E-state index contributed by atoms with van der Waals surface area (Å²) < 4.78 is 0. The van der Waals surface area contributed by atoms with Crippen LogP contribution < -0.4 is 5.32 Å². The lowest BCUT2D eigenvalue weighted by molar-refractivity contribution is 0.0690. The van der Waals surface area contributed by atoms with Gasteiger partial charge in [0.2, 0.25) is 0 Å². The van der Waals surface area contributed by atoms with E-state index in [1.165, 1.54) is 23.6 Å². The van der Waals surface area contributed by atoms with Gasteiger partial charge in [0.25, 0.3) is 5.91 Å². The highest BCUT2D eigenvalue weighted by atomic mass is 32.1. The lowest BCUT2D eigenvalue weighted by Gasteiger charge is -2.05.